The topological polar surface area (TPSA) is 103 Å². The summed E-state index contributed by atoms with van der Waals surface area (Å²) in [7, 11) is 0. The quantitative estimate of drug-likeness (QED) is 0.744. The highest BCUT2D eigenvalue weighted by Gasteiger charge is 2.13. The second-order valence-corrected chi connectivity index (χ2v) is 5.19. The number of hydrogen-bond donors (Lipinski definition) is 2. The van der Waals surface area contributed by atoms with Crippen LogP contribution >= 0.6 is 11.5 Å². The molecule has 108 valence electrons. The highest BCUT2D eigenvalue weighted by Crippen LogP contribution is 2.36. The molecule has 3 aromatic heterocycles. The summed E-state index contributed by atoms with van der Waals surface area (Å²) in [6, 6.07) is 3.82. The minimum absolute atomic E-state index is 0.518. The number of nitrogen functional groups attached to an aromatic ring is 1. The maximum atomic E-state index is 5.96. The predicted octanol–water partition coefficient (Wildman–Crippen LogP) is 2.13. The first kappa shape index (κ1) is 13.5. The largest absolute Gasteiger partial charge is 0.382 e. The van der Waals surface area contributed by atoms with Crippen molar-refractivity contribution in [1.82, 2.24) is 19.5 Å². The molecule has 0 spiro atoms. The van der Waals surface area contributed by atoms with Gasteiger partial charge in [-0.25, -0.2) is 0 Å². The number of hydrogen-bond acceptors (Lipinski definition) is 8. The molecule has 7 nitrogen and oxygen atoms in total. The molecule has 3 N–H and O–H groups in total. The van der Waals surface area contributed by atoms with E-state index in [1.807, 2.05) is 12.1 Å². The van der Waals surface area contributed by atoms with Crippen LogP contribution in [0.1, 0.15) is 11.7 Å². The summed E-state index contributed by atoms with van der Waals surface area (Å²) in [5, 5.41) is 8.12. The summed E-state index contributed by atoms with van der Waals surface area (Å²) in [5.41, 5.74) is 7.86. The van der Waals surface area contributed by atoms with Gasteiger partial charge in [0, 0.05) is 32.3 Å². The fourth-order valence-electron chi connectivity index (χ4n) is 1.95. The van der Waals surface area contributed by atoms with Gasteiger partial charge in [-0.2, -0.15) is 9.36 Å². The molecule has 0 aliphatic rings. The average Bonchev–Trinajstić information content (AvgIpc) is 3.06. The Labute approximate surface area is 125 Å². The molecule has 0 saturated carbocycles. The lowest BCUT2D eigenvalue weighted by Crippen LogP contribution is -2.05. The Hall–Kier alpha value is -2.48. The molecule has 0 fully saturated rings. The molecule has 3 heterocycles. The third kappa shape index (κ3) is 3.00. The molecule has 0 aliphatic carbocycles. The van der Waals surface area contributed by atoms with Gasteiger partial charge in [-0.15, -0.1) is 0 Å². The van der Waals surface area contributed by atoms with Crippen LogP contribution in [-0.4, -0.2) is 26.0 Å². The Morgan fingerprint density at radius 1 is 1.33 bits per heavy atom. The maximum Gasteiger partial charge on any atom is 0.223 e. The monoisotopic (exact) mass is 302 g/mol. The van der Waals surface area contributed by atoms with Gasteiger partial charge in [-0.1, -0.05) is 5.16 Å². The van der Waals surface area contributed by atoms with Crippen molar-refractivity contribution in [1.29, 1.82) is 0 Å². The summed E-state index contributed by atoms with van der Waals surface area (Å²) >= 11 is 1.34. The van der Waals surface area contributed by atoms with E-state index >= 15 is 0 Å². The van der Waals surface area contributed by atoms with Gasteiger partial charge in [-0.05, 0) is 29.2 Å². The van der Waals surface area contributed by atoms with E-state index in [-0.39, 0.29) is 0 Å². The Morgan fingerprint density at radius 2 is 2.14 bits per heavy atom. The molecular formula is C13H14N6OS. The van der Waals surface area contributed by atoms with E-state index in [0.717, 1.165) is 16.1 Å². The van der Waals surface area contributed by atoms with Crippen LogP contribution in [0.2, 0.25) is 0 Å². The van der Waals surface area contributed by atoms with Crippen LogP contribution in [0.5, 0.6) is 0 Å². The van der Waals surface area contributed by atoms with Crippen molar-refractivity contribution >= 4 is 22.4 Å². The molecule has 0 bridgehead atoms. The van der Waals surface area contributed by atoms with E-state index in [1.54, 1.807) is 19.3 Å². The molecule has 3 aromatic rings. The molecule has 0 amide bonds. The molecule has 0 aromatic carbocycles. The first-order chi connectivity index (χ1) is 10.2. The van der Waals surface area contributed by atoms with Crippen molar-refractivity contribution in [2.24, 2.45) is 0 Å². The van der Waals surface area contributed by atoms with Crippen LogP contribution < -0.4 is 11.1 Å². The summed E-state index contributed by atoms with van der Waals surface area (Å²) < 4.78 is 9.15. The van der Waals surface area contributed by atoms with Crippen molar-refractivity contribution < 1.29 is 4.52 Å². The Morgan fingerprint density at radius 3 is 2.86 bits per heavy atom. The maximum absolute atomic E-state index is 5.96. The summed E-state index contributed by atoms with van der Waals surface area (Å²) in [4.78, 5) is 8.18. The van der Waals surface area contributed by atoms with Crippen LogP contribution in [-0.2, 0) is 6.42 Å². The minimum Gasteiger partial charge on any atom is -0.382 e. The van der Waals surface area contributed by atoms with Gasteiger partial charge in [0.25, 0.3) is 0 Å². The molecule has 0 saturated heterocycles. The zero-order valence-corrected chi connectivity index (χ0v) is 12.2. The van der Waals surface area contributed by atoms with Gasteiger partial charge in [0.1, 0.15) is 10.8 Å². The molecule has 0 aliphatic heterocycles. The minimum atomic E-state index is 0.518. The predicted molar refractivity (Wildman–Crippen MR) is 81.0 cm³/mol. The van der Waals surface area contributed by atoms with Crippen LogP contribution in [0.3, 0.4) is 0 Å². The van der Waals surface area contributed by atoms with Gasteiger partial charge in [0.05, 0.1) is 5.56 Å². The summed E-state index contributed by atoms with van der Waals surface area (Å²) in [6.45, 7) is 2.45. The number of nitrogens with one attached hydrogen (secondary N) is 1. The number of aryl methyl sites for hydroxylation is 1. The second kappa shape index (κ2) is 5.88. The number of rotatable bonds is 5. The molecular weight excluding hydrogens is 288 g/mol. The van der Waals surface area contributed by atoms with Crippen molar-refractivity contribution in [2.45, 2.75) is 13.3 Å². The molecule has 3 rings (SSSR count). The van der Waals surface area contributed by atoms with Crippen LogP contribution in [0.15, 0.2) is 29.0 Å². The lowest BCUT2D eigenvalue weighted by molar-refractivity contribution is 0.387. The van der Waals surface area contributed by atoms with Crippen LogP contribution in [0.4, 0.5) is 10.8 Å². The fourth-order valence-corrected chi connectivity index (χ4v) is 2.71. The Balaban J connectivity index is 1.72. The molecule has 8 heteroatoms. The van der Waals surface area contributed by atoms with E-state index in [9.17, 15) is 0 Å². The SMILES string of the molecule is Cc1nc(CCNc2snc(N)c2-c2ccncc2)no1. The van der Waals surface area contributed by atoms with E-state index in [0.29, 0.717) is 30.5 Å². The Kier molecular flexibility index (Phi) is 3.78. The van der Waals surface area contributed by atoms with Gasteiger partial charge < -0.3 is 15.6 Å². The third-order valence-corrected chi connectivity index (χ3v) is 3.71. The van der Waals surface area contributed by atoms with Crippen LogP contribution in [0.25, 0.3) is 11.1 Å². The average molecular weight is 302 g/mol. The smallest absolute Gasteiger partial charge is 0.223 e. The van der Waals surface area contributed by atoms with Crippen molar-refractivity contribution in [3.8, 4) is 11.1 Å². The van der Waals surface area contributed by atoms with E-state index in [1.165, 1.54) is 11.5 Å². The van der Waals surface area contributed by atoms with Gasteiger partial charge in [-0.3, -0.25) is 4.98 Å². The first-order valence-corrected chi connectivity index (χ1v) is 7.20. The lowest BCUT2D eigenvalue weighted by Gasteiger charge is -2.06. The highest BCUT2D eigenvalue weighted by molar-refractivity contribution is 7.11. The first-order valence-electron chi connectivity index (χ1n) is 6.42. The highest BCUT2D eigenvalue weighted by atomic mass is 32.1. The Bertz CT molecular complexity index is 723. The number of nitrogens with two attached hydrogens (primary N) is 1. The van der Waals surface area contributed by atoms with Gasteiger partial charge >= 0.3 is 0 Å². The fraction of sp³-hybridized carbons (Fsp3) is 0.231. The van der Waals surface area contributed by atoms with E-state index < -0.39 is 0 Å². The van der Waals surface area contributed by atoms with Crippen LogP contribution in [0, 0.1) is 6.92 Å². The standard InChI is InChI=1S/C13H14N6OS/c1-8-17-10(18-20-8)4-7-16-13-11(12(14)19-21-13)9-2-5-15-6-3-9/h2-3,5-6,16H,4,7H2,1H3,(H2,14,19). The van der Waals surface area contributed by atoms with Crippen molar-refractivity contribution in [3.63, 3.8) is 0 Å². The number of nitrogens with zero attached hydrogens (tertiary/aromatic N) is 4. The number of aromatic nitrogens is 4. The third-order valence-electron chi connectivity index (χ3n) is 2.89. The van der Waals surface area contributed by atoms with E-state index in [2.05, 4.69) is 24.8 Å². The lowest BCUT2D eigenvalue weighted by atomic mass is 10.1. The van der Waals surface area contributed by atoms with Gasteiger partial charge in [0.2, 0.25) is 5.89 Å². The molecule has 0 radical (unpaired) electrons. The molecule has 0 atom stereocenters. The van der Waals surface area contributed by atoms with Gasteiger partial charge in [0.15, 0.2) is 5.82 Å². The molecule has 0 unspecified atom stereocenters. The second-order valence-electron chi connectivity index (χ2n) is 4.41. The van der Waals surface area contributed by atoms with E-state index in [4.69, 9.17) is 10.3 Å². The van der Waals surface area contributed by atoms with Crippen molar-refractivity contribution in [2.75, 3.05) is 17.6 Å². The number of pyridine rings is 1. The zero-order valence-electron chi connectivity index (χ0n) is 11.4. The summed E-state index contributed by atoms with van der Waals surface area (Å²) in [6.07, 6.45) is 4.14. The molecule has 21 heavy (non-hydrogen) atoms. The zero-order chi connectivity index (χ0) is 14.7. The summed E-state index contributed by atoms with van der Waals surface area (Å²) in [5.74, 6) is 1.77. The normalized spacial score (nSPS) is 10.7. The van der Waals surface area contributed by atoms with Crippen molar-refractivity contribution in [3.05, 3.63) is 36.2 Å². The number of anilines is 2.